The summed E-state index contributed by atoms with van der Waals surface area (Å²) < 4.78 is 27.8. The van der Waals surface area contributed by atoms with Crippen molar-refractivity contribution in [1.29, 1.82) is 5.26 Å². The molecule has 0 spiro atoms. The van der Waals surface area contributed by atoms with Gasteiger partial charge in [0.05, 0.1) is 16.6 Å². The summed E-state index contributed by atoms with van der Waals surface area (Å²) in [6, 6.07) is 10.5. The Morgan fingerprint density at radius 1 is 1.23 bits per heavy atom. The SMILES string of the molecule is CCC(CC)N1C[C@@H](N(Cc2ccc(F)cc2F)c2ccc(C#N)c(Cl)c2)CC1=O. The summed E-state index contributed by atoms with van der Waals surface area (Å²) in [6.07, 6.45) is 2.03. The number of rotatable bonds is 7. The largest absolute Gasteiger partial charge is 0.362 e. The molecule has 0 radical (unpaired) electrons. The molecule has 158 valence electrons. The first-order valence-corrected chi connectivity index (χ1v) is 10.4. The number of nitrogens with zero attached hydrogens (tertiary/aromatic N) is 3. The van der Waals surface area contributed by atoms with Gasteiger partial charge in [0.25, 0.3) is 0 Å². The van der Waals surface area contributed by atoms with E-state index >= 15 is 0 Å². The van der Waals surface area contributed by atoms with Crippen molar-refractivity contribution < 1.29 is 13.6 Å². The number of benzene rings is 2. The fourth-order valence-electron chi connectivity index (χ4n) is 4.04. The lowest BCUT2D eigenvalue weighted by molar-refractivity contribution is -0.129. The normalized spacial score (nSPS) is 16.2. The third-order valence-electron chi connectivity index (χ3n) is 5.72. The first-order valence-electron chi connectivity index (χ1n) is 10.1. The number of anilines is 1. The minimum Gasteiger partial charge on any atom is -0.362 e. The summed E-state index contributed by atoms with van der Waals surface area (Å²) in [7, 11) is 0. The molecule has 0 bridgehead atoms. The zero-order valence-electron chi connectivity index (χ0n) is 17.0. The van der Waals surface area contributed by atoms with Crippen molar-refractivity contribution in [2.24, 2.45) is 0 Å². The van der Waals surface area contributed by atoms with Crippen LogP contribution in [0.15, 0.2) is 36.4 Å². The third kappa shape index (κ3) is 4.57. The zero-order chi connectivity index (χ0) is 21.8. The van der Waals surface area contributed by atoms with E-state index in [2.05, 4.69) is 13.8 Å². The van der Waals surface area contributed by atoms with Gasteiger partial charge in [0.15, 0.2) is 0 Å². The molecule has 1 amide bonds. The molecule has 1 saturated heterocycles. The number of likely N-dealkylation sites (tertiary alicyclic amines) is 1. The molecule has 0 unspecified atom stereocenters. The van der Waals surface area contributed by atoms with Crippen molar-refractivity contribution in [2.45, 2.75) is 51.7 Å². The molecule has 1 fully saturated rings. The Morgan fingerprint density at radius 2 is 1.97 bits per heavy atom. The highest BCUT2D eigenvalue weighted by Gasteiger charge is 2.36. The lowest BCUT2D eigenvalue weighted by Crippen LogP contribution is -2.40. The maximum Gasteiger partial charge on any atom is 0.225 e. The Hall–Kier alpha value is -2.65. The predicted molar refractivity (Wildman–Crippen MR) is 113 cm³/mol. The van der Waals surface area contributed by atoms with E-state index in [1.807, 2.05) is 15.9 Å². The fourth-order valence-corrected chi connectivity index (χ4v) is 4.26. The minimum absolute atomic E-state index is 0.0676. The van der Waals surface area contributed by atoms with Gasteiger partial charge in [-0.15, -0.1) is 0 Å². The Morgan fingerprint density at radius 3 is 2.57 bits per heavy atom. The standard InChI is InChI=1S/C23H24ClF2N3O/c1-3-18(4-2)29-14-20(11-23(29)30)28(13-16-5-7-17(25)9-22(16)26)19-8-6-15(12-27)21(24)10-19/h5-10,18,20H,3-4,11,13-14H2,1-2H3/t20-/m0/s1. The molecule has 1 heterocycles. The van der Waals surface area contributed by atoms with Gasteiger partial charge < -0.3 is 9.80 Å². The van der Waals surface area contributed by atoms with E-state index in [1.54, 1.807) is 18.2 Å². The molecule has 7 heteroatoms. The van der Waals surface area contributed by atoms with Gasteiger partial charge in [-0.1, -0.05) is 31.5 Å². The molecular weight excluding hydrogens is 408 g/mol. The molecule has 1 atom stereocenters. The van der Waals surface area contributed by atoms with Crippen molar-refractivity contribution in [2.75, 3.05) is 11.4 Å². The maximum absolute atomic E-state index is 14.4. The maximum atomic E-state index is 14.4. The molecule has 0 saturated carbocycles. The van der Waals surface area contributed by atoms with Crippen LogP contribution in [0.5, 0.6) is 0 Å². The molecule has 1 aliphatic heterocycles. The molecule has 4 nitrogen and oxygen atoms in total. The van der Waals surface area contributed by atoms with E-state index in [1.165, 1.54) is 12.1 Å². The van der Waals surface area contributed by atoms with Gasteiger partial charge in [-0.25, -0.2) is 8.78 Å². The second-order valence-corrected chi connectivity index (χ2v) is 7.92. The van der Waals surface area contributed by atoms with Crippen LogP contribution >= 0.6 is 11.6 Å². The summed E-state index contributed by atoms with van der Waals surface area (Å²) in [4.78, 5) is 16.5. The highest BCUT2D eigenvalue weighted by Crippen LogP contribution is 2.31. The smallest absolute Gasteiger partial charge is 0.225 e. The summed E-state index contributed by atoms with van der Waals surface area (Å²) in [5.41, 5.74) is 1.35. The van der Waals surface area contributed by atoms with E-state index in [-0.39, 0.29) is 24.5 Å². The van der Waals surface area contributed by atoms with Crippen LogP contribution in [0.4, 0.5) is 14.5 Å². The molecule has 0 aliphatic carbocycles. The fraction of sp³-hybridized carbons (Fsp3) is 0.391. The molecule has 3 rings (SSSR count). The van der Waals surface area contributed by atoms with Gasteiger partial charge in [-0.2, -0.15) is 5.26 Å². The quantitative estimate of drug-likeness (QED) is 0.598. The van der Waals surface area contributed by atoms with E-state index in [9.17, 15) is 13.6 Å². The van der Waals surface area contributed by atoms with Crippen LogP contribution in [0, 0.1) is 23.0 Å². The number of carbonyl (C=O) groups excluding carboxylic acids is 1. The highest BCUT2D eigenvalue weighted by atomic mass is 35.5. The van der Waals surface area contributed by atoms with Crippen molar-refractivity contribution in [3.63, 3.8) is 0 Å². The average Bonchev–Trinajstić information content (AvgIpc) is 3.09. The van der Waals surface area contributed by atoms with E-state index in [0.717, 1.165) is 18.9 Å². The lowest BCUT2D eigenvalue weighted by atomic mass is 10.1. The van der Waals surface area contributed by atoms with Crippen molar-refractivity contribution >= 4 is 23.2 Å². The van der Waals surface area contributed by atoms with Crippen molar-refractivity contribution in [3.05, 3.63) is 64.2 Å². The summed E-state index contributed by atoms with van der Waals surface area (Å²) >= 11 is 6.24. The third-order valence-corrected chi connectivity index (χ3v) is 6.04. The van der Waals surface area contributed by atoms with Crippen molar-refractivity contribution in [1.82, 2.24) is 4.90 Å². The van der Waals surface area contributed by atoms with Gasteiger partial charge >= 0.3 is 0 Å². The molecule has 2 aromatic rings. The molecule has 0 aromatic heterocycles. The van der Waals surface area contributed by atoms with Crippen LogP contribution in [-0.2, 0) is 11.3 Å². The Balaban J connectivity index is 1.96. The number of hydrogen-bond acceptors (Lipinski definition) is 3. The molecule has 30 heavy (non-hydrogen) atoms. The summed E-state index contributed by atoms with van der Waals surface area (Å²) in [5, 5.41) is 9.45. The number of nitriles is 1. The van der Waals surface area contributed by atoms with E-state index < -0.39 is 11.6 Å². The van der Waals surface area contributed by atoms with Gasteiger partial charge in [0, 0.05) is 42.9 Å². The Labute approximate surface area is 180 Å². The second-order valence-electron chi connectivity index (χ2n) is 7.51. The predicted octanol–water partition coefficient (Wildman–Crippen LogP) is 5.29. The first-order chi connectivity index (χ1) is 14.4. The zero-order valence-corrected chi connectivity index (χ0v) is 17.8. The van der Waals surface area contributed by atoms with Crippen molar-refractivity contribution in [3.8, 4) is 6.07 Å². The number of halogens is 3. The number of hydrogen-bond donors (Lipinski definition) is 0. The van der Waals surface area contributed by atoms with Crippen LogP contribution in [0.1, 0.15) is 44.2 Å². The van der Waals surface area contributed by atoms with Gasteiger partial charge in [-0.05, 0) is 37.1 Å². The van der Waals surface area contributed by atoms with E-state index in [0.29, 0.717) is 34.8 Å². The number of carbonyl (C=O) groups is 1. The average molecular weight is 432 g/mol. The summed E-state index contributed by atoms with van der Waals surface area (Å²) in [6.45, 7) is 4.79. The molecule has 0 N–H and O–H groups in total. The Bertz CT molecular complexity index is 971. The highest BCUT2D eigenvalue weighted by molar-refractivity contribution is 6.32. The van der Waals surface area contributed by atoms with Crippen LogP contribution in [0.2, 0.25) is 5.02 Å². The van der Waals surface area contributed by atoms with Gasteiger partial charge in [0.2, 0.25) is 5.91 Å². The first kappa shape index (κ1) is 22.0. The molecular formula is C23H24ClF2N3O. The van der Waals surface area contributed by atoms with Crippen LogP contribution in [-0.4, -0.2) is 29.4 Å². The molecule has 2 aromatic carbocycles. The van der Waals surface area contributed by atoms with Gasteiger partial charge in [-0.3, -0.25) is 4.79 Å². The second kappa shape index (κ2) is 9.44. The lowest BCUT2D eigenvalue weighted by Gasteiger charge is -2.33. The van der Waals surface area contributed by atoms with Gasteiger partial charge in [0.1, 0.15) is 17.7 Å². The van der Waals surface area contributed by atoms with E-state index in [4.69, 9.17) is 16.9 Å². The molecule has 1 aliphatic rings. The minimum atomic E-state index is -0.639. The van der Waals surface area contributed by atoms with Crippen LogP contribution in [0.3, 0.4) is 0 Å². The monoisotopic (exact) mass is 431 g/mol. The number of amides is 1. The topological polar surface area (TPSA) is 47.3 Å². The van der Waals surface area contributed by atoms with Crippen LogP contribution < -0.4 is 4.90 Å². The van der Waals surface area contributed by atoms with Crippen LogP contribution in [0.25, 0.3) is 0 Å². The Kier molecular flexibility index (Phi) is 6.94. The summed E-state index contributed by atoms with van der Waals surface area (Å²) in [5.74, 6) is -1.21.